The molecule has 3 heteroatoms. The molecule has 349 valence electrons. The van der Waals surface area contributed by atoms with Crippen LogP contribution in [0, 0.1) is 48.5 Å². The molecule has 9 aromatic carbocycles. The summed E-state index contributed by atoms with van der Waals surface area (Å²) in [6, 6.07) is 77.8. The Morgan fingerprint density at radius 3 is 1.03 bits per heavy atom. The first kappa shape index (κ1) is 47.8. The van der Waals surface area contributed by atoms with Crippen molar-refractivity contribution in [3.05, 3.63) is 267 Å². The molecule has 0 spiro atoms. The molecule has 0 bridgehead atoms. The molecule has 0 amide bonds. The van der Waals surface area contributed by atoms with Gasteiger partial charge in [-0.15, -0.1) is 0 Å². The number of rotatable bonds is 13. The van der Waals surface area contributed by atoms with Crippen LogP contribution in [-0.2, 0) is 10.8 Å². The van der Waals surface area contributed by atoms with E-state index < -0.39 is 8.80 Å². The van der Waals surface area contributed by atoms with Crippen LogP contribution in [0.1, 0.15) is 88.9 Å². The van der Waals surface area contributed by atoms with Crippen molar-refractivity contribution in [3.63, 3.8) is 0 Å². The molecule has 0 saturated heterocycles. The van der Waals surface area contributed by atoms with Gasteiger partial charge in [0.2, 0.25) is 0 Å². The summed E-state index contributed by atoms with van der Waals surface area (Å²) in [5.74, 6) is 0. The van der Waals surface area contributed by atoms with Gasteiger partial charge in [-0.2, -0.15) is 0 Å². The highest BCUT2D eigenvalue weighted by Crippen LogP contribution is 2.42. The van der Waals surface area contributed by atoms with Crippen LogP contribution >= 0.6 is 0 Å². The second-order valence-electron chi connectivity index (χ2n) is 20.6. The van der Waals surface area contributed by atoms with Crippen LogP contribution in [0.3, 0.4) is 0 Å². The van der Waals surface area contributed by atoms with Gasteiger partial charge in [0.05, 0.1) is 0 Å². The molecule has 0 saturated carbocycles. The van der Waals surface area contributed by atoms with E-state index in [2.05, 4.69) is 292 Å². The molecule has 9 rings (SSSR count). The molecule has 0 aliphatic heterocycles. The summed E-state index contributed by atoms with van der Waals surface area (Å²) in [5.41, 5.74) is 20.8. The molecular weight excluding hydrogens is 861 g/mol. The highest BCUT2D eigenvalue weighted by molar-refractivity contribution is 6.95. The average Bonchev–Trinajstić information content (AvgIpc) is 3.35. The Labute approximate surface area is 420 Å². The molecule has 2 nitrogen and oxygen atoms in total. The minimum absolute atomic E-state index is 0.130. The number of anilines is 6. The van der Waals surface area contributed by atoms with Crippen LogP contribution in [0.2, 0.25) is 0 Å². The van der Waals surface area contributed by atoms with E-state index >= 15 is 0 Å². The number of nitrogens with zero attached hydrogens (tertiary/aromatic N) is 2. The topological polar surface area (TPSA) is 6.48 Å². The van der Waals surface area contributed by atoms with Gasteiger partial charge in [-0.3, -0.25) is 0 Å². The zero-order valence-corrected chi connectivity index (χ0v) is 44.0. The first-order chi connectivity index (χ1) is 33.6. The first-order valence-electron chi connectivity index (χ1n) is 24.8. The third-order valence-electron chi connectivity index (χ3n) is 14.6. The lowest BCUT2D eigenvalue weighted by Gasteiger charge is -2.31. The Kier molecular flexibility index (Phi) is 13.4. The van der Waals surface area contributed by atoms with Gasteiger partial charge in [0.25, 0.3) is 0 Å². The van der Waals surface area contributed by atoms with Gasteiger partial charge in [0.15, 0.2) is 8.80 Å². The van der Waals surface area contributed by atoms with E-state index in [-0.39, 0.29) is 10.8 Å². The third-order valence-corrected chi connectivity index (χ3v) is 17.4. The highest BCUT2D eigenvalue weighted by atomic mass is 28.3. The second-order valence-corrected chi connectivity index (χ2v) is 23.1. The first-order valence-corrected chi connectivity index (χ1v) is 26.3. The normalized spacial score (nSPS) is 11.8. The molecule has 9 aromatic rings. The zero-order valence-electron chi connectivity index (χ0n) is 43.0. The summed E-state index contributed by atoms with van der Waals surface area (Å²) in [6.45, 7) is 24.7. The van der Waals surface area contributed by atoms with Crippen LogP contribution in [0.15, 0.2) is 206 Å². The fourth-order valence-electron chi connectivity index (χ4n) is 10.2. The maximum atomic E-state index is 2.46. The van der Waals surface area contributed by atoms with E-state index in [0.717, 1.165) is 17.1 Å². The van der Waals surface area contributed by atoms with E-state index in [1.807, 2.05) is 0 Å². The largest absolute Gasteiger partial charge is 0.310 e. The van der Waals surface area contributed by atoms with Crippen LogP contribution in [0.4, 0.5) is 34.1 Å². The van der Waals surface area contributed by atoms with Gasteiger partial charge >= 0.3 is 0 Å². The molecule has 0 fully saturated rings. The van der Waals surface area contributed by atoms with Crippen molar-refractivity contribution >= 4 is 58.5 Å². The molecule has 0 aliphatic rings. The van der Waals surface area contributed by atoms with Crippen molar-refractivity contribution in [1.29, 1.82) is 0 Å². The summed E-state index contributed by atoms with van der Waals surface area (Å²) in [5, 5.41) is 4.05. The van der Waals surface area contributed by atoms with Crippen LogP contribution in [0.5, 0.6) is 0 Å². The van der Waals surface area contributed by atoms with Crippen molar-refractivity contribution in [2.45, 2.75) is 87.0 Å². The lowest BCUT2D eigenvalue weighted by atomic mass is 9.77. The van der Waals surface area contributed by atoms with Gasteiger partial charge in [-0.05, 0) is 142 Å². The van der Waals surface area contributed by atoms with Crippen molar-refractivity contribution < 1.29 is 0 Å². The molecule has 70 heavy (non-hydrogen) atoms. The predicted octanol–water partition coefficient (Wildman–Crippen LogP) is 16.0. The number of hydrogen-bond donors (Lipinski definition) is 0. The SMILES string of the molecule is Cc1ccc(C(C)(C)c2ccc(N(c3ccc([Si](c4ccccc4)c4ccc(N(c5ccc(C)cc5C)c5ccc(C(C)(C)c6ccc(C)cc6)cc5C)cc4)cc3)c3ccc(C)cc3C)cc2)cc1. The Morgan fingerprint density at radius 1 is 0.286 bits per heavy atom. The van der Waals surface area contributed by atoms with Crippen molar-refractivity contribution in [1.82, 2.24) is 0 Å². The third kappa shape index (κ3) is 9.69. The molecule has 1 radical (unpaired) electrons. The minimum Gasteiger partial charge on any atom is -0.310 e. The maximum Gasteiger partial charge on any atom is 0.154 e. The molecule has 0 unspecified atom stereocenters. The van der Waals surface area contributed by atoms with Gasteiger partial charge in [-0.1, -0.05) is 217 Å². The van der Waals surface area contributed by atoms with Gasteiger partial charge < -0.3 is 9.80 Å². The summed E-state index contributed by atoms with van der Waals surface area (Å²) in [7, 11) is -1.39. The van der Waals surface area contributed by atoms with E-state index in [9.17, 15) is 0 Å². The highest BCUT2D eigenvalue weighted by Gasteiger charge is 2.28. The smallest absolute Gasteiger partial charge is 0.154 e. The molecular formula is C67H67N2Si. The Hall–Kier alpha value is -7.20. The summed E-state index contributed by atoms with van der Waals surface area (Å²) in [4.78, 5) is 4.88. The van der Waals surface area contributed by atoms with E-state index in [0.29, 0.717) is 0 Å². The summed E-state index contributed by atoms with van der Waals surface area (Å²) >= 11 is 0. The lowest BCUT2D eigenvalue weighted by molar-refractivity contribution is 0.640. The molecule has 0 heterocycles. The fraction of sp³-hybridized carbons (Fsp3) is 0.194. The van der Waals surface area contributed by atoms with Crippen molar-refractivity contribution in [2.75, 3.05) is 9.80 Å². The minimum atomic E-state index is -1.39. The van der Waals surface area contributed by atoms with E-state index in [4.69, 9.17) is 0 Å². The lowest BCUT2D eigenvalue weighted by Crippen LogP contribution is -2.51. The van der Waals surface area contributed by atoms with Crippen molar-refractivity contribution in [2.24, 2.45) is 0 Å². The number of hydrogen-bond acceptors (Lipinski definition) is 2. The van der Waals surface area contributed by atoms with Crippen LogP contribution in [-0.4, -0.2) is 8.80 Å². The predicted molar refractivity (Wildman–Crippen MR) is 304 cm³/mol. The number of benzene rings is 9. The fourth-order valence-corrected chi connectivity index (χ4v) is 12.7. The molecule has 0 N–H and O–H groups in total. The Balaban J connectivity index is 1.08. The van der Waals surface area contributed by atoms with Crippen LogP contribution in [0.25, 0.3) is 0 Å². The van der Waals surface area contributed by atoms with E-state index in [1.54, 1.807) is 0 Å². The summed E-state index contributed by atoms with van der Waals surface area (Å²) < 4.78 is 0. The maximum absolute atomic E-state index is 2.46. The molecule has 0 atom stereocenters. The Morgan fingerprint density at radius 2 is 0.600 bits per heavy atom. The summed E-state index contributed by atoms with van der Waals surface area (Å²) in [6.07, 6.45) is 0. The van der Waals surface area contributed by atoms with E-state index in [1.165, 1.54) is 93.8 Å². The Bertz CT molecular complexity index is 3240. The average molecular weight is 928 g/mol. The van der Waals surface area contributed by atoms with Crippen molar-refractivity contribution in [3.8, 4) is 0 Å². The van der Waals surface area contributed by atoms with Gasteiger partial charge in [0, 0.05) is 45.0 Å². The standard InChI is InChI=1S/C67H67N2Si/c1-46-17-23-53(24-18-46)66(8,9)55-27-30-57(31-28-55)68(63-40-21-48(3)43-50(63)5)58-32-36-61(37-33-58)70(60-15-13-12-14-16-60)62-38-34-59(35-39-62)69(64-41-22-49(4)44-51(64)6)65-42-29-56(45-52(65)7)67(10,11)54-25-19-47(2)20-26-54/h12-45H,1-11H3. The zero-order chi connectivity index (χ0) is 49.3. The van der Waals surface area contributed by atoms with Gasteiger partial charge in [-0.25, -0.2) is 0 Å². The quantitative estimate of drug-likeness (QED) is 0.0840. The monoisotopic (exact) mass is 928 g/mol. The number of aryl methyl sites for hydroxylation is 7. The second kappa shape index (κ2) is 19.7. The molecule has 0 aromatic heterocycles. The van der Waals surface area contributed by atoms with Gasteiger partial charge in [0.1, 0.15) is 0 Å². The molecule has 0 aliphatic carbocycles. The van der Waals surface area contributed by atoms with Crippen LogP contribution < -0.4 is 25.4 Å².